The zero-order valence-corrected chi connectivity index (χ0v) is 23.2. The number of likely N-dealkylation sites (tertiary alicyclic amines) is 1. The Morgan fingerprint density at radius 1 is 1.12 bits per heavy atom. The molecule has 5 rings (SSSR count). The number of nitrogens with one attached hydrogen (secondary N) is 1. The number of amides is 3. The van der Waals surface area contributed by atoms with E-state index in [1.165, 1.54) is 4.90 Å². The first kappa shape index (κ1) is 28.0. The van der Waals surface area contributed by atoms with Crippen molar-refractivity contribution in [3.05, 3.63) is 53.6 Å². The average Bonchev–Trinajstić information content (AvgIpc) is 3.30. The van der Waals surface area contributed by atoms with Crippen molar-refractivity contribution >= 4 is 29.4 Å². The van der Waals surface area contributed by atoms with E-state index in [2.05, 4.69) is 5.32 Å². The van der Waals surface area contributed by atoms with Gasteiger partial charge in [-0.1, -0.05) is 36.4 Å². The van der Waals surface area contributed by atoms with E-state index in [1.54, 1.807) is 30.1 Å². The Hall–Kier alpha value is -3.50. The lowest BCUT2D eigenvalue weighted by molar-refractivity contribution is -0.158. The molecule has 0 bridgehead atoms. The molecule has 1 spiro atoms. The summed E-state index contributed by atoms with van der Waals surface area (Å²) in [6.45, 7) is 6.01. The second kappa shape index (κ2) is 11.2. The smallest absolute Gasteiger partial charge is 0.313 e. The summed E-state index contributed by atoms with van der Waals surface area (Å²) in [5.74, 6) is -3.39. The fourth-order valence-corrected chi connectivity index (χ4v) is 6.37. The molecule has 4 aliphatic rings. The Labute approximate surface area is 234 Å². The maximum atomic E-state index is 14.4. The SMILES string of the molecule is Cc1ccc(C)c(N2CC=C[C@@]34O[C@H]5/C=C\CCC(=O)NC[C@H](C)OC(=O)[C@H]5[C@@H]3C(=O)N(CCCO)[C@H]4C2=O)c1. The van der Waals surface area contributed by atoms with E-state index < -0.39 is 41.7 Å². The predicted octanol–water partition coefficient (Wildman–Crippen LogP) is 1.57. The summed E-state index contributed by atoms with van der Waals surface area (Å²) >= 11 is 0. The molecule has 1 aromatic rings. The van der Waals surface area contributed by atoms with Crippen LogP contribution in [0.15, 0.2) is 42.5 Å². The van der Waals surface area contributed by atoms with Gasteiger partial charge in [-0.3, -0.25) is 19.2 Å². The molecule has 4 heterocycles. The molecular formula is C30H37N3O7. The summed E-state index contributed by atoms with van der Waals surface area (Å²) in [4.78, 5) is 57.5. The van der Waals surface area contributed by atoms with Gasteiger partial charge in [0.15, 0.2) is 0 Å². The van der Waals surface area contributed by atoms with Crippen LogP contribution in [0.5, 0.6) is 0 Å². The minimum absolute atomic E-state index is 0.145. The lowest BCUT2D eigenvalue weighted by Crippen LogP contribution is -2.55. The summed E-state index contributed by atoms with van der Waals surface area (Å²) in [5.41, 5.74) is 1.27. The molecule has 214 valence electrons. The Morgan fingerprint density at radius 3 is 2.70 bits per heavy atom. The third-order valence-corrected chi connectivity index (χ3v) is 8.25. The van der Waals surface area contributed by atoms with Gasteiger partial charge in [-0.05, 0) is 50.8 Å². The van der Waals surface area contributed by atoms with Gasteiger partial charge in [0.2, 0.25) is 11.8 Å². The molecule has 0 saturated carbocycles. The van der Waals surface area contributed by atoms with E-state index in [0.717, 1.165) is 16.8 Å². The van der Waals surface area contributed by atoms with Gasteiger partial charge in [0.1, 0.15) is 23.7 Å². The fourth-order valence-electron chi connectivity index (χ4n) is 6.37. The Balaban J connectivity index is 1.59. The molecular weight excluding hydrogens is 514 g/mol. The number of nitrogens with zero attached hydrogens (tertiary/aromatic N) is 2. The highest BCUT2D eigenvalue weighted by Gasteiger charge is 2.71. The summed E-state index contributed by atoms with van der Waals surface area (Å²) in [6, 6.07) is 4.86. The number of aryl methyl sites for hydroxylation is 2. The Morgan fingerprint density at radius 2 is 1.93 bits per heavy atom. The number of ether oxygens (including phenoxy) is 2. The second-order valence-corrected chi connectivity index (χ2v) is 11.1. The molecule has 0 aliphatic carbocycles. The number of carbonyl (C=O) groups is 4. The van der Waals surface area contributed by atoms with Crippen LogP contribution in [0.25, 0.3) is 0 Å². The molecule has 10 nitrogen and oxygen atoms in total. The van der Waals surface area contributed by atoms with Crippen molar-refractivity contribution in [2.75, 3.05) is 31.1 Å². The van der Waals surface area contributed by atoms with E-state index in [9.17, 15) is 24.3 Å². The Kier molecular flexibility index (Phi) is 7.83. The molecule has 6 atom stereocenters. The van der Waals surface area contributed by atoms with Crippen LogP contribution < -0.4 is 10.2 Å². The molecule has 4 aliphatic heterocycles. The standard InChI is InChI=1S/C30H37N3O7/c1-18-10-11-19(2)21(16-18)32-13-6-12-30-25(27(36)33(14-7-15-34)26(30)28(32)37)24-22(40-30)8-4-5-9-23(35)31-17-20(3)39-29(24)38/h4,6,8,10-12,16,20,22,24-26,34H,5,7,9,13-15,17H2,1-3H3,(H,31,35)/b8-4-/t20-,22-,24+,25+,26-,30+/m0/s1. The number of fused-ring (bicyclic) bond motifs is 2. The third kappa shape index (κ3) is 4.83. The average molecular weight is 552 g/mol. The van der Waals surface area contributed by atoms with Crippen molar-refractivity contribution in [1.82, 2.24) is 10.2 Å². The first-order valence-electron chi connectivity index (χ1n) is 14.0. The molecule has 0 aromatic heterocycles. The lowest BCUT2D eigenvalue weighted by Gasteiger charge is -2.35. The van der Waals surface area contributed by atoms with Crippen molar-refractivity contribution in [1.29, 1.82) is 0 Å². The van der Waals surface area contributed by atoms with Crippen LogP contribution in [-0.4, -0.2) is 83.8 Å². The number of hydrogen-bond donors (Lipinski definition) is 2. The number of carbonyl (C=O) groups excluding carboxylic acids is 4. The maximum Gasteiger partial charge on any atom is 0.313 e. The number of aliphatic hydroxyl groups excluding tert-OH is 1. The molecule has 1 aromatic carbocycles. The van der Waals surface area contributed by atoms with Gasteiger partial charge in [0.05, 0.1) is 18.6 Å². The van der Waals surface area contributed by atoms with Crippen molar-refractivity contribution in [2.45, 2.75) is 63.9 Å². The van der Waals surface area contributed by atoms with Crippen LogP contribution in [0.1, 0.15) is 37.3 Å². The van der Waals surface area contributed by atoms with E-state index in [0.29, 0.717) is 6.42 Å². The van der Waals surface area contributed by atoms with Gasteiger partial charge in [-0.2, -0.15) is 0 Å². The van der Waals surface area contributed by atoms with E-state index in [4.69, 9.17) is 9.47 Å². The van der Waals surface area contributed by atoms with E-state index in [-0.39, 0.29) is 56.8 Å². The topological polar surface area (TPSA) is 125 Å². The molecule has 2 saturated heterocycles. The van der Waals surface area contributed by atoms with Crippen LogP contribution in [-0.2, 0) is 28.7 Å². The number of rotatable bonds is 4. The highest BCUT2D eigenvalue weighted by atomic mass is 16.6. The first-order valence-corrected chi connectivity index (χ1v) is 14.0. The van der Waals surface area contributed by atoms with E-state index >= 15 is 0 Å². The number of esters is 1. The monoisotopic (exact) mass is 551 g/mol. The number of cyclic esters (lactones) is 1. The molecule has 2 N–H and O–H groups in total. The number of aliphatic hydroxyl groups is 1. The summed E-state index contributed by atoms with van der Waals surface area (Å²) in [6.07, 6.45) is 6.67. The number of anilines is 1. The van der Waals surface area contributed by atoms with Crippen LogP contribution in [0.2, 0.25) is 0 Å². The van der Waals surface area contributed by atoms with Crippen molar-refractivity contribution in [3.63, 3.8) is 0 Å². The molecule has 40 heavy (non-hydrogen) atoms. The van der Waals surface area contributed by atoms with Gasteiger partial charge in [0, 0.05) is 31.8 Å². The van der Waals surface area contributed by atoms with Gasteiger partial charge >= 0.3 is 5.97 Å². The van der Waals surface area contributed by atoms with E-state index in [1.807, 2.05) is 38.1 Å². The summed E-state index contributed by atoms with van der Waals surface area (Å²) < 4.78 is 12.4. The van der Waals surface area contributed by atoms with Crippen molar-refractivity contribution < 1.29 is 33.8 Å². The molecule has 2 fully saturated rings. The lowest BCUT2D eigenvalue weighted by atomic mass is 9.78. The van der Waals surface area contributed by atoms with Crippen LogP contribution in [0.3, 0.4) is 0 Å². The first-order chi connectivity index (χ1) is 19.2. The summed E-state index contributed by atoms with van der Waals surface area (Å²) in [5, 5.41) is 12.4. The normalized spacial score (nSPS) is 33.2. The zero-order valence-electron chi connectivity index (χ0n) is 23.2. The molecule has 3 amide bonds. The van der Waals surface area contributed by atoms with Gasteiger partial charge < -0.3 is 29.7 Å². The second-order valence-electron chi connectivity index (χ2n) is 11.1. The fraction of sp³-hybridized carbons (Fsp3) is 0.533. The molecule has 10 heteroatoms. The highest BCUT2D eigenvalue weighted by molar-refractivity contribution is 6.06. The third-order valence-electron chi connectivity index (χ3n) is 8.25. The minimum Gasteiger partial charge on any atom is -0.460 e. The van der Waals surface area contributed by atoms with Crippen molar-refractivity contribution in [2.24, 2.45) is 11.8 Å². The van der Waals surface area contributed by atoms with Crippen molar-refractivity contribution in [3.8, 4) is 0 Å². The minimum atomic E-state index is -1.40. The quantitative estimate of drug-likeness (QED) is 0.430. The predicted molar refractivity (Wildman–Crippen MR) is 146 cm³/mol. The number of hydrogen-bond acceptors (Lipinski definition) is 7. The van der Waals surface area contributed by atoms with Gasteiger partial charge in [-0.15, -0.1) is 0 Å². The molecule has 0 unspecified atom stereocenters. The highest BCUT2D eigenvalue weighted by Crippen LogP contribution is 2.53. The molecule has 0 radical (unpaired) electrons. The van der Waals surface area contributed by atoms with Crippen LogP contribution in [0, 0.1) is 25.7 Å². The van der Waals surface area contributed by atoms with Crippen LogP contribution >= 0.6 is 0 Å². The van der Waals surface area contributed by atoms with Gasteiger partial charge in [0.25, 0.3) is 5.91 Å². The number of benzene rings is 1. The Bertz CT molecular complexity index is 1260. The maximum absolute atomic E-state index is 14.4. The number of allylic oxidation sites excluding steroid dienone is 1. The zero-order chi connectivity index (χ0) is 28.6. The summed E-state index contributed by atoms with van der Waals surface area (Å²) in [7, 11) is 0. The van der Waals surface area contributed by atoms with Crippen LogP contribution in [0.4, 0.5) is 5.69 Å². The van der Waals surface area contributed by atoms with Gasteiger partial charge in [-0.25, -0.2) is 0 Å². The largest absolute Gasteiger partial charge is 0.460 e.